The molecule has 0 saturated carbocycles. The molecule has 41 heavy (non-hydrogen) atoms. The quantitative estimate of drug-likeness (QED) is 0.224. The van der Waals surface area contributed by atoms with Crippen LogP contribution in [-0.2, 0) is 50.1 Å². The minimum atomic E-state index is -2.65. The highest BCUT2D eigenvalue weighted by Crippen LogP contribution is 2.34. The zero-order chi connectivity index (χ0) is 28.3. The van der Waals surface area contributed by atoms with E-state index >= 15 is 0 Å². The van der Waals surface area contributed by atoms with Crippen LogP contribution in [0.25, 0.3) is 0 Å². The Labute approximate surface area is 240 Å². The Kier molecular flexibility index (Phi) is 10.3. The van der Waals surface area contributed by atoms with Crippen molar-refractivity contribution in [3.63, 3.8) is 0 Å². The fraction of sp³-hybridized carbons (Fsp3) is 0.294. The van der Waals surface area contributed by atoms with Gasteiger partial charge in [-0.3, -0.25) is 0 Å². The molecule has 5 rings (SSSR count). The van der Waals surface area contributed by atoms with E-state index in [0.717, 1.165) is 22.3 Å². The number of rotatable bonds is 13. The summed E-state index contributed by atoms with van der Waals surface area (Å²) in [6, 6.07) is 38.7. The number of hydrogen-bond donors (Lipinski definition) is 2. The molecule has 4 aromatic carbocycles. The lowest BCUT2D eigenvalue weighted by Gasteiger charge is -2.47. The Balaban J connectivity index is 1.39. The number of hydrogen-bond acceptors (Lipinski definition) is 7. The number of aliphatic hydroxyl groups is 2. The molecule has 1 fully saturated rings. The zero-order valence-corrected chi connectivity index (χ0v) is 22.8. The summed E-state index contributed by atoms with van der Waals surface area (Å²) in [6.45, 7) is 0.997. The van der Waals surface area contributed by atoms with E-state index in [4.69, 9.17) is 23.7 Å². The van der Waals surface area contributed by atoms with Crippen LogP contribution in [0.2, 0.25) is 0 Å². The van der Waals surface area contributed by atoms with Gasteiger partial charge in [-0.15, -0.1) is 0 Å². The zero-order valence-electron chi connectivity index (χ0n) is 22.8. The fourth-order valence-electron chi connectivity index (χ4n) is 4.83. The summed E-state index contributed by atoms with van der Waals surface area (Å²) in [5.74, 6) is -2.65. The van der Waals surface area contributed by atoms with Gasteiger partial charge in [-0.05, 0) is 22.3 Å². The minimum Gasteiger partial charge on any atom is -0.374 e. The van der Waals surface area contributed by atoms with Gasteiger partial charge < -0.3 is 33.9 Å². The van der Waals surface area contributed by atoms with E-state index in [1.807, 2.05) is 121 Å². The van der Waals surface area contributed by atoms with E-state index in [2.05, 4.69) is 0 Å². The van der Waals surface area contributed by atoms with Crippen molar-refractivity contribution in [1.29, 1.82) is 0 Å². The average molecular weight is 557 g/mol. The molecule has 1 aliphatic heterocycles. The maximum Gasteiger partial charge on any atom is 0.309 e. The molecule has 7 nitrogen and oxygen atoms in total. The van der Waals surface area contributed by atoms with Gasteiger partial charge in [0.2, 0.25) is 0 Å². The lowest BCUT2D eigenvalue weighted by Crippen LogP contribution is -2.67. The van der Waals surface area contributed by atoms with Crippen molar-refractivity contribution in [3.8, 4) is 0 Å². The van der Waals surface area contributed by atoms with Gasteiger partial charge in [0.25, 0.3) is 0 Å². The second-order valence-corrected chi connectivity index (χ2v) is 10.1. The van der Waals surface area contributed by atoms with Crippen molar-refractivity contribution in [1.82, 2.24) is 0 Å². The average Bonchev–Trinajstić information content (AvgIpc) is 3.01. The molecule has 4 atom stereocenters. The third-order valence-corrected chi connectivity index (χ3v) is 6.92. The Morgan fingerprint density at radius 1 is 0.512 bits per heavy atom. The van der Waals surface area contributed by atoms with Gasteiger partial charge in [-0.1, -0.05) is 121 Å². The topological polar surface area (TPSA) is 86.6 Å². The molecule has 1 heterocycles. The lowest BCUT2D eigenvalue weighted by molar-refractivity contribution is -0.447. The van der Waals surface area contributed by atoms with Crippen LogP contribution in [0.3, 0.4) is 0 Å². The van der Waals surface area contributed by atoms with E-state index in [1.165, 1.54) is 0 Å². The number of ether oxygens (including phenoxy) is 5. The fourth-order valence-corrected chi connectivity index (χ4v) is 4.83. The largest absolute Gasteiger partial charge is 0.374 e. The first-order chi connectivity index (χ1) is 20.1. The van der Waals surface area contributed by atoms with Crippen LogP contribution in [0.15, 0.2) is 121 Å². The molecule has 2 N–H and O–H groups in total. The van der Waals surface area contributed by atoms with Gasteiger partial charge in [0.05, 0.1) is 33.0 Å². The minimum absolute atomic E-state index is 0.0494. The Morgan fingerprint density at radius 3 is 1.37 bits per heavy atom. The van der Waals surface area contributed by atoms with Crippen molar-refractivity contribution < 1.29 is 33.9 Å². The van der Waals surface area contributed by atoms with Gasteiger partial charge >= 0.3 is 5.97 Å². The van der Waals surface area contributed by atoms with E-state index in [9.17, 15) is 10.2 Å². The maximum atomic E-state index is 11.2. The van der Waals surface area contributed by atoms with Crippen molar-refractivity contribution in [2.24, 2.45) is 0 Å². The number of benzene rings is 4. The van der Waals surface area contributed by atoms with Crippen LogP contribution >= 0.6 is 0 Å². The summed E-state index contributed by atoms with van der Waals surface area (Å²) < 4.78 is 30.8. The second-order valence-electron chi connectivity index (χ2n) is 10.1. The predicted octanol–water partition coefficient (Wildman–Crippen LogP) is 5.00. The first-order valence-corrected chi connectivity index (χ1v) is 13.8. The molecule has 214 valence electrons. The van der Waals surface area contributed by atoms with Crippen molar-refractivity contribution in [2.75, 3.05) is 6.61 Å². The molecule has 0 aromatic heterocycles. The molecule has 0 amide bonds. The standard InChI is InChI=1S/C34H36O7/c35-34(36)33(40-24-29-19-11-4-12-20-29)32(39-23-28-17-9-3-10-18-28)31(38-22-27-15-7-2-8-16-27)30(41-34)25-37-21-26-13-5-1-6-14-26/h1-20,30-33,35-36H,21-25H2/t30-,31-,32+,33-/m1/s1. The molecule has 0 unspecified atom stereocenters. The Hall–Kier alpha value is -3.40. The second kappa shape index (κ2) is 14.5. The van der Waals surface area contributed by atoms with Gasteiger partial charge in [0.15, 0.2) is 6.10 Å². The molecule has 0 radical (unpaired) electrons. The van der Waals surface area contributed by atoms with Crippen LogP contribution in [0.4, 0.5) is 0 Å². The van der Waals surface area contributed by atoms with Crippen LogP contribution in [0, 0.1) is 0 Å². The van der Waals surface area contributed by atoms with Crippen molar-refractivity contribution >= 4 is 0 Å². The third kappa shape index (κ3) is 8.31. The van der Waals surface area contributed by atoms with Gasteiger partial charge in [-0.2, -0.15) is 0 Å². The smallest absolute Gasteiger partial charge is 0.309 e. The summed E-state index contributed by atoms with van der Waals surface area (Å²) in [5.41, 5.74) is 3.76. The van der Waals surface area contributed by atoms with Gasteiger partial charge in [0.1, 0.15) is 18.3 Å². The molecule has 4 aromatic rings. The molecule has 1 aliphatic rings. The normalized spacial score (nSPS) is 21.9. The summed E-state index contributed by atoms with van der Waals surface area (Å²) in [7, 11) is 0. The summed E-state index contributed by atoms with van der Waals surface area (Å²) in [4.78, 5) is 0. The molecule has 0 aliphatic carbocycles. The van der Waals surface area contributed by atoms with Gasteiger partial charge in [-0.25, -0.2) is 0 Å². The summed E-state index contributed by atoms with van der Waals surface area (Å²) >= 11 is 0. The monoisotopic (exact) mass is 556 g/mol. The molecule has 0 spiro atoms. The summed E-state index contributed by atoms with van der Waals surface area (Å²) in [6.07, 6.45) is -3.74. The van der Waals surface area contributed by atoms with Crippen LogP contribution in [0.5, 0.6) is 0 Å². The van der Waals surface area contributed by atoms with Crippen LogP contribution < -0.4 is 0 Å². The molecule has 7 heteroatoms. The van der Waals surface area contributed by atoms with Crippen molar-refractivity contribution in [2.45, 2.75) is 56.8 Å². The third-order valence-electron chi connectivity index (χ3n) is 6.92. The van der Waals surface area contributed by atoms with Crippen molar-refractivity contribution in [3.05, 3.63) is 144 Å². The predicted molar refractivity (Wildman–Crippen MR) is 153 cm³/mol. The first kappa shape index (κ1) is 29.1. The maximum absolute atomic E-state index is 11.2. The molecular weight excluding hydrogens is 520 g/mol. The van der Waals surface area contributed by atoms with Crippen LogP contribution in [-0.4, -0.2) is 47.2 Å². The van der Waals surface area contributed by atoms with E-state index in [0.29, 0.717) is 6.61 Å². The highest BCUT2D eigenvalue weighted by Gasteiger charge is 2.56. The molecule has 1 saturated heterocycles. The highest BCUT2D eigenvalue weighted by molar-refractivity contribution is 5.16. The Morgan fingerprint density at radius 2 is 0.902 bits per heavy atom. The first-order valence-electron chi connectivity index (χ1n) is 13.8. The molecule has 0 bridgehead atoms. The molecular formula is C34H36O7. The van der Waals surface area contributed by atoms with Crippen LogP contribution in [0.1, 0.15) is 22.3 Å². The van der Waals surface area contributed by atoms with E-state index in [1.54, 1.807) is 0 Å². The summed E-state index contributed by atoms with van der Waals surface area (Å²) in [5, 5.41) is 22.4. The highest BCUT2D eigenvalue weighted by atomic mass is 16.8. The Bertz CT molecular complexity index is 1290. The SMILES string of the molecule is OC1(O)O[C@H](COCc2ccccc2)[C@@H](OCc2ccccc2)[C@H](OCc2ccccc2)[C@H]1OCc1ccccc1. The lowest BCUT2D eigenvalue weighted by atomic mass is 9.96. The van der Waals surface area contributed by atoms with E-state index < -0.39 is 30.4 Å². The van der Waals surface area contributed by atoms with E-state index in [-0.39, 0.29) is 26.4 Å². The van der Waals surface area contributed by atoms with Gasteiger partial charge in [0, 0.05) is 0 Å².